The molecular weight excluding hydrogens is 283 g/mol. The summed E-state index contributed by atoms with van der Waals surface area (Å²) in [6, 6.07) is 3.58. The molecule has 2 rings (SSSR count). The van der Waals surface area contributed by atoms with Crippen molar-refractivity contribution in [3.05, 3.63) is 45.7 Å². The molecule has 4 N–H and O–H groups in total. The maximum Gasteiger partial charge on any atom is 0.267 e. The van der Waals surface area contributed by atoms with Gasteiger partial charge in [-0.25, -0.2) is 9.37 Å². The first kappa shape index (κ1) is 13.9. The number of hydrogen-bond donors (Lipinski definition) is 3. The minimum absolute atomic E-state index is 0.0992. The van der Waals surface area contributed by atoms with Gasteiger partial charge in [0, 0.05) is 5.56 Å². The van der Waals surface area contributed by atoms with Gasteiger partial charge in [0.15, 0.2) is 5.84 Å². The first-order chi connectivity index (χ1) is 9.51. The average molecular weight is 294 g/mol. The molecule has 6 nitrogen and oxygen atoms in total. The molecule has 8 heteroatoms. The molecule has 1 amide bonds. The third-order valence-corrected chi connectivity index (χ3v) is 3.37. The third kappa shape index (κ3) is 2.91. The number of carbonyl (C=O) groups is 1. The summed E-state index contributed by atoms with van der Waals surface area (Å²) in [5.41, 5.74) is 5.80. The second-order valence-electron chi connectivity index (χ2n) is 3.87. The SMILES string of the molecule is Cc1ncc(C(=O)Nc2ccc(F)cc2/C(N)=N/O)s1. The van der Waals surface area contributed by atoms with E-state index >= 15 is 0 Å². The van der Waals surface area contributed by atoms with Crippen LogP contribution in [0.5, 0.6) is 0 Å². The van der Waals surface area contributed by atoms with Crippen LogP contribution in [-0.4, -0.2) is 21.9 Å². The van der Waals surface area contributed by atoms with Gasteiger partial charge in [0.05, 0.1) is 16.9 Å². The van der Waals surface area contributed by atoms with Crippen LogP contribution in [0.3, 0.4) is 0 Å². The van der Waals surface area contributed by atoms with E-state index in [0.717, 1.165) is 11.1 Å². The highest BCUT2D eigenvalue weighted by Crippen LogP contribution is 2.19. The van der Waals surface area contributed by atoms with E-state index in [-0.39, 0.29) is 17.1 Å². The number of hydrogen-bond acceptors (Lipinski definition) is 5. The average Bonchev–Trinajstić information content (AvgIpc) is 2.86. The maximum atomic E-state index is 13.2. The summed E-state index contributed by atoms with van der Waals surface area (Å²) in [5, 5.41) is 14.8. The molecule has 1 heterocycles. The molecule has 0 atom stereocenters. The Morgan fingerprint density at radius 1 is 1.55 bits per heavy atom. The molecule has 0 unspecified atom stereocenters. The summed E-state index contributed by atoms with van der Waals surface area (Å²) in [4.78, 5) is 16.4. The molecule has 0 aliphatic carbocycles. The van der Waals surface area contributed by atoms with E-state index in [9.17, 15) is 9.18 Å². The van der Waals surface area contributed by atoms with Crippen LogP contribution >= 0.6 is 11.3 Å². The van der Waals surface area contributed by atoms with Crippen molar-refractivity contribution in [2.24, 2.45) is 10.9 Å². The van der Waals surface area contributed by atoms with Crippen molar-refractivity contribution in [1.29, 1.82) is 0 Å². The molecule has 0 aliphatic heterocycles. The molecule has 0 spiro atoms. The number of amides is 1. The number of nitrogens with zero attached hydrogens (tertiary/aromatic N) is 2. The van der Waals surface area contributed by atoms with Gasteiger partial charge in [-0.2, -0.15) is 0 Å². The van der Waals surface area contributed by atoms with Crippen LogP contribution in [0.15, 0.2) is 29.6 Å². The molecule has 0 radical (unpaired) electrons. The number of halogens is 1. The number of anilines is 1. The lowest BCUT2D eigenvalue weighted by atomic mass is 10.1. The number of carbonyl (C=O) groups excluding carboxylic acids is 1. The monoisotopic (exact) mass is 294 g/mol. The van der Waals surface area contributed by atoms with Gasteiger partial charge >= 0.3 is 0 Å². The summed E-state index contributed by atoms with van der Waals surface area (Å²) in [6.45, 7) is 1.78. The fourth-order valence-electron chi connectivity index (χ4n) is 1.54. The predicted octanol–water partition coefficient (Wildman–Crippen LogP) is 1.94. The second-order valence-corrected chi connectivity index (χ2v) is 5.11. The highest BCUT2D eigenvalue weighted by Gasteiger charge is 2.14. The Bertz CT molecular complexity index is 684. The fourth-order valence-corrected chi connectivity index (χ4v) is 2.21. The number of thiazole rings is 1. The largest absolute Gasteiger partial charge is 0.409 e. The molecular formula is C12H11FN4O2S. The Morgan fingerprint density at radius 2 is 2.30 bits per heavy atom. The summed E-state index contributed by atoms with van der Waals surface area (Å²) >= 11 is 1.23. The van der Waals surface area contributed by atoms with Crippen molar-refractivity contribution in [2.45, 2.75) is 6.92 Å². The molecule has 0 bridgehead atoms. The minimum Gasteiger partial charge on any atom is -0.409 e. The Labute approximate surface area is 117 Å². The number of aryl methyl sites for hydroxylation is 1. The molecule has 0 fully saturated rings. The summed E-state index contributed by atoms with van der Waals surface area (Å²) in [5.74, 6) is -1.24. The minimum atomic E-state index is -0.557. The van der Waals surface area contributed by atoms with E-state index < -0.39 is 11.7 Å². The third-order valence-electron chi connectivity index (χ3n) is 2.46. The number of benzene rings is 1. The molecule has 1 aromatic heterocycles. The van der Waals surface area contributed by atoms with Crippen molar-refractivity contribution < 1.29 is 14.4 Å². The van der Waals surface area contributed by atoms with Gasteiger partial charge in [0.2, 0.25) is 0 Å². The van der Waals surface area contributed by atoms with Crippen LogP contribution in [0.2, 0.25) is 0 Å². The van der Waals surface area contributed by atoms with E-state index in [0.29, 0.717) is 4.88 Å². The summed E-state index contributed by atoms with van der Waals surface area (Å²) in [6.07, 6.45) is 1.45. The van der Waals surface area contributed by atoms with E-state index in [4.69, 9.17) is 10.9 Å². The standard InChI is InChI=1S/C12H11FN4O2S/c1-6-15-5-10(20-6)12(18)16-9-3-2-7(13)4-8(9)11(14)17-19/h2-5,19H,1H3,(H2,14,17)(H,16,18). The zero-order valence-electron chi connectivity index (χ0n) is 10.4. The molecule has 20 heavy (non-hydrogen) atoms. The number of oxime groups is 1. The summed E-state index contributed by atoms with van der Waals surface area (Å²) in [7, 11) is 0. The van der Waals surface area contributed by atoms with E-state index in [1.807, 2.05) is 0 Å². The number of amidine groups is 1. The van der Waals surface area contributed by atoms with Crippen molar-refractivity contribution >= 4 is 28.8 Å². The topological polar surface area (TPSA) is 101 Å². The van der Waals surface area contributed by atoms with Crippen molar-refractivity contribution in [3.63, 3.8) is 0 Å². The Hall–Kier alpha value is -2.48. The van der Waals surface area contributed by atoms with Gasteiger partial charge in [-0.15, -0.1) is 11.3 Å². The number of nitrogens with two attached hydrogens (primary N) is 1. The van der Waals surface area contributed by atoms with Gasteiger partial charge in [-0.05, 0) is 25.1 Å². The van der Waals surface area contributed by atoms with Crippen molar-refractivity contribution in [2.75, 3.05) is 5.32 Å². The first-order valence-corrected chi connectivity index (χ1v) is 6.34. The summed E-state index contributed by atoms with van der Waals surface area (Å²) < 4.78 is 13.2. The first-order valence-electron chi connectivity index (χ1n) is 5.52. The van der Waals surface area contributed by atoms with Crippen molar-refractivity contribution in [3.8, 4) is 0 Å². The van der Waals surface area contributed by atoms with Crippen LogP contribution in [0.1, 0.15) is 20.2 Å². The zero-order chi connectivity index (χ0) is 14.7. The molecule has 0 aliphatic rings. The Balaban J connectivity index is 2.32. The maximum absolute atomic E-state index is 13.2. The second kappa shape index (κ2) is 5.66. The lowest BCUT2D eigenvalue weighted by Crippen LogP contribution is -2.19. The van der Waals surface area contributed by atoms with E-state index in [1.54, 1.807) is 6.92 Å². The number of rotatable bonds is 3. The fraction of sp³-hybridized carbons (Fsp3) is 0.0833. The Morgan fingerprint density at radius 3 is 2.90 bits per heavy atom. The van der Waals surface area contributed by atoms with Gasteiger partial charge in [0.25, 0.3) is 5.91 Å². The number of aromatic nitrogens is 1. The van der Waals surface area contributed by atoms with Gasteiger partial charge in [-0.3, -0.25) is 4.79 Å². The molecule has 0 saturated heterocycles. The van der Waals surface area contributed by atoms with E-state index in [1.165, 1.54) is 29.7 Å². The van der Waals surface area contributed by atoms with Crippen LogP contribution in [0, 0.1) is 12.7 Å². The Kier molecular flexibility index (Phi) is 3.94. The quantitative estimate of drug-likeness (QED) is 0.348. The molecule has 2 aromatic rings. The predicted molar refractivity (Wildman–Crippen MR) is 73.7 cm³/mol. The van der Waals surface area contributed by atoms with Gasteiger partial charge in [-0.1, -0.05) is 5.16 Å². The molecule has 1 aromatic carbocycles. The van der Waals surface area contributed by atoms with E-state index in [2.05, 4.69) is 15.5 Å². The van der Waals surface area contributed by atoms with Crippen LogP contribution in [0.25, 0.3) is 0 Å². The smallest absolute Gasteiger partial charge is 0.267 e. The molecule has 104 valence electrons. The van der Waals surface area contributed by atoms with Crippen LogP contribution in [-0.2, 0) is 0 Å². The van der Waals surface area contributed by atoms with Gasteiger partial charge in [0.1, 0.15) is 10.7 Å². The van der Waals surface area contributed by atoms with Crippen LogP contribution < -0.4 is 11.1 Å². The van der Waals surface area contributed by atoms with Gasteiger partial charge < -0.3 is 16.3 Å². The zero-order valence-corrected chi connectivity index (χ0v) is 11.2. The highest BCUT2D eigenvalue weighted by atomic mass is 32.1. The lowest BCUT2D eigenvalue weighted by Gasteiger charge is -2.09. The number of nitrogens with one attached hydrogen (secondary N) is 1. The molecule has 0 saturated carbocycles. The van der Waals surface area contributed by atoms with Crippen LogP contribution in [0.4, 0.5) is 10.1 Å². The lowest BCUT2D eigenvalue weighted by molar-refractivity contribution is 0.103. The van der Waals surface area contributed by atoms with Crippen molar-refractivity contribution in [1.82, 2.24) is 4.98 Å². The normalized spacial score (nSPS) is 11.4. The highest BCUT2D eigenvalue weighted by molar-refractivity contribution is 7.13.